The molecule has 1 fully saturated rings. The van der Waals surface area contributed by atoms with Gasteiger partial charge in [0, 0.05) is 52.0 Å². The van der Waals surface area contributed by atoms with E-state index in [0.717, 1.165) is 24.1 Å². The normalized spacial score (nSPS) is 18.2. The van der Waals surface area contributed by atoms with Crippen molar-refractivity contribution >= 4 is 5.91 Å². The van der Waals surface area contributed by atoms with Gasteiger partial charge in [0.15, 0.2) is 11.5 Å². The molecule has 1 aliphatic heterocycles. The minimum Gasteiger partial charge on any atom is -0.493 e. The largest absolute Gasteiger partial charge is 0.493 e. The van der Waals surface area contributed by atoms with Crippen LogP contribution in [0.25, 0.3) is 0 Å². The molecule has 0 unspecified atom stereocenters. The maximum atomic E-state index is 12.2. The SMILES string of the molecule is COc1cc(CN2CCN(C(C)=O)C[C@](O)(COc3ccc(C)cc3)C2)ccc1OCCCn1ccnc1. The first kappa shape index (κ1) is 27.5. The predicted molar refractivity (Wildman–Crippen MR) is 144 cm³/mol. The standard InChI is InChI=1S/C29H38N4O5/c1-23-5-8-26(9-6-23)38-21-29(35)19-32(14-15-33(20-29)24(2)34)18-25-7-10-27(28(17-25)36-3)37-16-4-12-31-13-11-30-22-31/h5-11,13,17,22,35H,4,12,14-16,18-21H2,1-3H3/t29-/m0/s1. The molecule has 1 aromatic heterocycles. The van der Waals surface area contributed by atoms with Crippen molar-refractivity contribution < 1.29 is 24.1 Å². The van der Waals surface area contributed by atoms with Gasteiger partial charge in [0.25, 0.3) is 0 Å². The molecule has 2 aromatic carbocycles. The second-order valence-electron chi connectivity index (χ2n) is 9.97. The van der Waals surface area contributed by atoms with E-state index in [1.807, 2.05) is 60.2 Å². The number of ether oxygens (including phenoxy) is 3. The summed E-state index contributed by atoms with van der Waals surface area (Å²) in [6.45, 7) is 7.41. The quantitative estimate of drug-likeness (QED) is 0.387. The summed E-state index contributed by atoms with van der Waals surface area (Å²) < 4.78 is 19.6. The molecule has 0 aliphatic carbocycles. The Bertz CT molecular complexity index is 1170. The molecule has 0 spiro atoms. The number of aryl methyl sites for hydroxylation is 2. The molecule has 9 nitrogen and oxygen atoms in total. The number of aliphatic hydroxyl groups is 1. The van der Waals surface area contributed by atoms with Crippen LogP contribution < -0.4 is 14.2 Å². The number of hydrogen-bond donors (Lipinski definition) is 1. The van der Waals surface area contributed by atoms with Crippen LogP contribution in [0.15, 0.2) is 61.2 Å². The van der Waals surface area contributed by atoms with Gasteiger partial charge in [0.1, 0.15) is 18.0 Å². The zero-order valence-corrected chi connectivity index (χ0v) is 22.5. The van der Waals surface area contributed by atoms with Crippen LogP contribution in [0.2, 0.25) is 0 Å². The molecule has 9 heteroatoms. The van der Waals surface area contributed by atoms with Crippen LogP contribution in [-0.2, 0) is 17.9 Å². The minimum atomic E-state index is -1.21. The summed E-state index contributed by atoms with van der Waals surface area (Å²) in [5.74, 6) is 2.00. The summed E-state index contributed by atoms with van der Waals surface area (Å²) in [5.41, 5.74) is 0.960. The van der Waals surface area contributed by atoms with Crippen LogP contribution in [0, 0.1) is 6.92 Å². The lowest BCUT2D eigenvalue weighted by atomic mass is 10.0. The fourth-order valence-corrected chi connectivity index (χ4v) is 4.62. The van der Waals surface area contributed by atoms with Crippen LogP contribution in [0.5, 0.6) is 17.2 Å². The first-order valence-corrected chi connectivity index (χ1v) is 13.0. The number of hydrogen-bond acceptors (Lipinski definition) is 7. The van der Waals surface area contributed by atoms with Crippen molar-refractivity contribution in [3.05, 3.63) is 72.3 Å². The molecule has 204 valence electrons. The van der Waals surface area contributed by atoms with Gasteiger partial charge in [-0.2, -0.15) is 0 Å². The third-order valence-corrected chi connectivity index (χ3v) is 6.67. The summed E-state index contributed by atoms with van der Waals surface area (Å²) in [5, 5.41) is 11.6. The molecule has 4 rings (SSSR count). The molecule has 1 amide bonds. The first-order chi connectivity index (χ1) is 18.3. The maximum Gasteiger partial charge on any atom is 0.219 e. The number of aromatic nitrogens is 2. The Balaban J connectivity index is 1.39. The fraction of sp³-hybridized carbons (Fsp3) is 0.448. The topological polar surface area (TPSA) is 89.3 Å². The van der Waals surface area contributed by atoms with Crippen molar-refractivity contribution in [1.29, 1.82) is 0 Å². The predicted octanol–water partition coefficient (Wildman–Crippen LogP) is 3.14. The highest BCUT2D eigenvalue weighted by Gasteiger charge is 2.37. The van der Waals surface area contributed by atoms with E-state index in [-0.39, 0.29) is 19.1 Å². The Hall–Kier alpha value is -3.56. The molecule has 1 N–H and O–H groups in total. The van der Waals surface area contributed by atoms with E-state index >= 15 is 0 Å². The van der Waals surface area contributed by atoms with E-state index in [2.05, 4.69) is 9.88 Å². The number of imidazole rings is 1. The third kappa shape index (κ3) is 7.72. The Morgan fingerprint density at radius 3 is 2.61 bits per heavy atom. The number of benzene rings is 2. The van der Waals surface area contributed by atoms with Crippen LogP contribution in [0.4, 0.5) is 0 Å². The third-order valence-electron chi connectivity index (χ3n) is 6.67. The number of methoxy groups -OCH3 is 1. The average molecular weight is 523 g/mol. The lowest BCUT2D eigenvalue weighted by Crippen LogP contribution is -2.51. The second-order valence-corrected chi connectivity index (χ2v) is 9.97. The molecular weight excluding hydrogens is 484 g/mol. The molecular formula is C29H38N4O5. The van der Waals surface area contributed by atoms with Crippen molar-refractivity contribution in [3.8, 4) is 17.2 Å². The number of rotatable bonds is 11. The maximum absolute atomic E-state index is 12.2. The second kappa shape index (κ2) is 12.8. The van der Waals surface area contributed by atoms with Gasteiger partial charge in [-0.25, -0.2) is 4.98 Å². The number of nitrogens with zero attached hydrogens (tertiary/aromatic N) is 4. The highest BCUT2D eigenvalue weighted by atomic mass is 16.5. The van der Waals surface area contributed by atoms with Crippen molar-refractivity contribution in [2.24, 2.45) is 0 Å². The molecule has 2 heterocycles. The van der Waals surface area contributed by atoms with E-state index in [4.69, 9.17) is 14.2 Å². The summed E-state index contributed by atoms with van der Waals surface area (Å²) in [6.07, 6.45) is 6.35. The average Bonchev–Trinajstić information content (AvgIpc) is 3.36. The Morgan fingerprint density at radius 1 is 1.08 bits per heavy atom. The van der Waals surface area contributed by atoms with Gasteiger partial charge in [-0.15, -0.1) is 0 Å². The summed E-state index contributed by atoms with van der Waals surface area (Å²) in [6, 6.07) is 13.6. The minimum absolute atomic E-state index is 0.0585. The molecule has 0 saturated carbocycles. The van der Waals surface area contributed by atoms with Crippen molar-refractivity contribution in [2.75, 3.05) is 46.5 Å². The number of carbonyl (C=O) groups is 1. The van der Waals surface area contributed by atoms with Crippen molar-refractivity contribution in [2.45, 2.75) is 39.0 Å². The van der Waals surface area contributed by atoms with E-state index < -0.39 is 5.60 Å². The van der Waals surface area contributed by atoms with Crippen LogP contribution in [0.3, 0.4) is 0 Å². The van der Waals surface area contributed by atoms with Gasteiger partial charge in [0.05, 0.1) is 26.6 Å². The first-order valence-electron chi connectivity index (χ1n) is 13.0. The van der Waals surface area contributed by atoms with Gasteiger partial charge in [0.2, 0.25) is 5.91 Å². The monoisotopic (exact) mass is 522 g/mol. The Kier molecular flexibility index (Phi) is 9.25. The lowest BCUT2D eigenvalue weighted by Gasteiger charge is -2.32. The fourth-order valence-electron chi connectivity index (χ4n) is 4.62. The molecule has 0 bridgehead atoms. The summed E-state index contributed by atoms with van der Waals surface area (Å²) in [4.78, 5) is 20.1. The molecule has 1 saturated heterocycles. The van der Waals surface area contributed by atoms with E-state index in [1.54, 1.807) is 24.5 Å². The van der Waals surface area contributed by atoms with Crippen LogP contribution in [0.1, 0.15) is 24.5 Å². The zero-order chi connectivity index (χ0) is 27.0. The molecule has 0 radical (unpaired) electrons. The van der Waals surface area contributed by atoms with Gasteiger partial charge >= 0.3 is 0 Å². The Labute approximate surface area is 224 Å². The molecule has 3 aromatic rings. The highest BCUT2D eigenvalue weighted by molar-refractivity contribution is 5.73. The molecule has 38 heavy (non-hydrogen) atoms. The van der Waals surface area contributed by atoms with Crippen molar-refractivity contribution in [3.63, 3.8) is 0 Å². The summed E-state index contributed by atoms with van der Waals surface area (Å²) >= 11 is 0. The Morgan fingerprint density at radius 2 is 1.89 bits per heavy atom. The lowest BCUT2D eigenvalue weighted by molar-refractivity contribution is -0.132. The van der Waals surface area contributed by atoms with Gasteiger partial charge in [-0.1, -0.05) is 23.8 Å². The molecule has 1 atom stereocenters. The molecule has 1 aliphatic rings. The van der Waals surface area contributed by atoms with Gasteiger partial charge < -0.3 is 28.8 Å². The van der Waals surface area contributed by atoms with Gasteiger partial charge in [-0.05, 0) is 43.2 Å². The smallest absolute Gasteiger partial charge is 0.219 e. The highest BCUT2D eigenvalue weighted by Crippen LogP contribution is 2.29. The van der Waals surface area contributed by atoms with Crippen molar-refractivity contribution in [1.82, 2.24) is 19.4 Å². The van der Waals surface area contributed by atoms with E-state index in [9.17, 15) is 9.90 Å². The number of amides is 1. The van der Waals surface area contributed by atoms with Gasteiger partial charge in [-0.3, -0.25) is 9.69 Å². The number of carbonyl (C=O) groups excluding carboxylic acids is 1. The van der Waals surface area contributed by atoms with E-state index in [1.165, 1.54) is 6.92 Å². The number of β-amino-alcohol motifs (C(OH)–C–C–N with tert-alkyl or cyclic N) is 1. The van der Waals surface area contributed by atoms with Crippen LogP contribution in [-0.4, -0.2) is 82.5 Å². The van der Waals surface area contributed by atoms with E-state index in [0.29, 0.717) is 50.0 Å². The zero-order valence-electron chi connectivity index (χ0n) is 22.5. The van der Waals surface area contributed by atoms with Crippen LogP contribution >= 0.6 is 0 Å². The summed E-state index contributed by atoms with van der Waals surface area (Å²) in [7, 11) is 1.63.